The van der Waals surface area contributed by atoms with Crippen LogP contribution in [0.3, 0.4) is 0 Å². The Bertz CT molecular complexity index is 239. The molecule has 1 aliphatic heterocycles. The van der Waals surface area contributed by atoms with E-state index in [0.29, 0.717) is 0 Å². The van der Waals surface area contributed by atoms with Crippen LogP contribution in [0.15, 0.2) is 17.5 Å². The molecule has 3 heteroatoms. The summed E-state index contributed by atoms with van der Waals surface area (Å²) in [5.74, 6) is 0. The Morgan fingerprint density at radius 2 is 2.42 bits per heavy atom. The van der Waals surface area contributed by atoms with Gasteiger partial charge in [0.25, 0.3) is 0 Å². The summed E-state index contributed by atoms with van der Waals surface area (Å²) in [5.41, 5.74) is 0. The van der Waals surface area contributed by atoms with Gasteiger partial charge in [-0.15, -0.1) is 11.3 Å². The van der Waals surface area contributed by atoms with E-state index in [2.05, 4.69) is 17.5 Å². The maximum atomic E-state index is 5.88. The molecule has 2 rings (SSSR count). The first-order valence-electron chi connectivity index (χ1n) is 4.49. The second kappa shape index (κ2) is 3.32. The van der Waals surface area contributed by atoms with Crippen molar-refractivity contribution >= 4 is 21.6 Å². The first kappa shape index (κ1) is 8.47. The van der Waals surface area contributed by atoms with Gasteiger partial charge in [-0.05, 0) is 30.7 Å². The van der Waals surface area contributed by atoms with E-state index in [-0.39, 0.29) is 5.22 Å². The smallest absolute Gasteiger partial charge is 0.0812 e. The number of hydrogen-bond donors (Lipinski definition) is 0. The summed E-state index contributed by atoms with van der Waals surface area (Å²) in [6.07, 6.45) is 3.82. The minimum atomic E-state index is 0.159. The van der Waals surface area contributed by atoms with Gasteiger partial charge in [0.05, 0.1) is 15.5 Å². The minimum Gasteiger partial charge on any atom is -0.374 e. The molecule has 0 amide bonds. The Morgan fingerprint density at radius 1 is 1.50 bits per heavy atom. The standard InChI is InChI=1S/C9H14OSSi/c12-9(5-1-2-6-10-9)8-4-3-7-11-8/h3-4,7H,1-2,5-6H2,12H3. The molecule has 1 fully saturated rings. The molecule has 1 aromatic heterocycles. The maximum absolute atomic E-state index is 5.88. The lowest BCUT2D eigenvalue weighted by Crippen LogP contribution is -2.32. The van der Waals surface area contributed by atoms with Crippen LogP contribution in [-0.2, 0) is 9.96 Å². The number of ether oxygens (including phenoxy) is 1. The second-order valence-corrected chi connectivity index (χ2v) is 6.08. The van der Waals surface area contributed by atoms with E-state index in [0.717, 1.165) is 16.8 Å². The van der Waals surface area contributed by atoms with Crippen LogP contribution in [0.25, 0.3) is 0 Å². The highest BCUT2D eigenvalue weighted by Gasteiger charge is 2.30. The van der Waals surface area contributed by atoms with Crippen molar-refractivity contribution in [2.75, 3.05) is 6.61 Å². The van der Waals surface area contributed by atoms with Crippen molar-refractivity contribution in [1.82, 2.24) is 0 Å². The molecular formula is C9H14OSSi. The van der Waals surface area contributed by atoms with Crippen LogP contribution < -0.4 is 0 Å². The molecule has 0 N–H and O–H groups in total. The molecule has 66 valence electrons. The Labute approximate surface area is 80.2 Å². The first-order valence-corrected chi connectivity index (χ1v) is 6.37. The van der Waals surface area contributed by atoms with Gasteiger partial charge in [0.15, 0.2) is 0 Å². The highest BCUT2D eigenvalue weighted by molar-refractivity contribution is 7.10. The zero-order chi connectivity index (χ0) is 8.44. The van der Waals surface area contributed by atoms with E-state index in [9.17, 15) is 0 Å². The molecule has 1 atom stereocenters. The Kier molecular flexibility index (Phi) is 2.34. The van der Waals surface area contributed by atoms with Gasteiger partial charge in [-0.25, -0.2) is 0 Å². The third-order valence-corrected chi connectivity index (χ3v) is 5.32. The zero-order valence-electron chi connectivity index (χ0n) is 7.38. The number of rotatable bonds is 1. The van der Waals surface area contributed by atoms with Gasteiger partial charge in [0, 0.05) is 11.5 Å². The fourth-order valence-electron chi connectivity index (χ4n) is 1.71. The zero-order valence-corrected chi connectivity index (χ0v) is 10.2. The van der Waals surface area contributed by atoms with E-state index in [1.165, 1.54) is 24.1 Å². The summed E-state index contributed by atoms with van der Waals surface area (Å²) in [7, 11) is 1.12. The lowest BCUT2D eigenvalue weighted by Gasteiger charge is -2.33. The van der Waals surface area contributed by atoms with Crippen LogP contribution in [0, 0.1) is 0 Å². The van der Waals surface area contributed by atoms with Gasteiger partial charge in [0.2, 0.25) is 0 Å². The summed E-state index contributed by atoms with van der Waals surface area (Å²) in [4.78, 5) is 1.44. The molecule has 1 saturated heterocycles. The van der Waals surface area contributed by atoms with Crippen molar-refractivity contribution < 1.29 is 4.74 Å². The summed E-state index contributed by atoms with van der Waals surface area (Å²) in [6, 6.07) is 4.33. The van der Waals surface area contributed by atoms with Gasteiger partial charge in [0.1, 0.15) is 0 Å². The molecule has 0 aromatic carbocycles. The fraction of sp³-hybridized carbons (Fsp3) is 0.556. The molecule has 2 heterocycles. The molecule has 0 aliphatic carbocycles. The highest BCUT2D eigenvalue weighted by Crippen LogP contribution is 2.34. The maximum Gasteiger partial charge on any atom is 0.0812 e. The lowest BCUT2D eigenvalue weighted by atomic mass is 10.1. The van der Waals surface area contributed by atoms with Crippen LogP contribution in [-0.4, -0.2) is 16.8 Å². The predicted molar refractivity (Wildman–Crippen MR) is 55.7 cm³/mol. The largest absolute Gasteiger partial charge is 0.374 e. The van der Waals surface area contributed by atoms with E-state index in [4.69, 9.17) is 4.74 Å². The van der Waals surface area contributed by atoms with E-state index < -0.39 is 0 Å². The average Bonchev–Trinajstić information content (AvgIpc) is 2.58. The van der Waals surface area contributed by atoms with Gasteiger partial charge in [-0.3, -0.25) is 0 Å². The Morgan fingerprint density at radius 3 is 3.00 bits per heavy atom. The number of hydrogen-bond acceptors (Lipinski definition) is 2. The van der Waals surface area contributed by atoms with Crippen molar-refractivity contribution in [3.05, 3.63) is 22.4 Å². The number of thiophene rings is 1. The summed E-state index contributed by atoms with van der Waals surface area (Å²) in [5, 5.41) is 2.30. The van der Waals surface area contributed by atoms with Crippen LogP contribution >= 0.6 is 11.3 Å². The normalized spacial score (nSPS) is 30.7. The monoisotopic (exact) mass is 198 g/mol. The Hall–Kier alpha value is -0.123. The van der Waals surface area contributed by atoms with Crippen LogP contribution in [0.4, 0.5) is 0 Å². The molecule has 12 heavy (non-hydrogen) atoms. The van der Waals surface area contributed by atoms with Crippen molar-refractivity contribution in [1.29, 1.82) is 0 Å². The van der Waals surface area contributed by atoms with Gasteiger partial charge < -0.3 is 4.74 Å². The topological polar surface area (TPSA) is 9.23 Å². The third kappa shape index (κ3) is 1.49. The van der Waals surface area contributed by atoms with Crippen molar-refractivity contribution in [3.63, 3.8) is 0 Å². The predicted octanol–water partition coefficient (Wildman–Crippen LogP) is 1.47. The van der Waals surface area contributed by atoms with E-state index in [1.807, 2.05) is 11.3 Å². The highest BCUT2D eigenvalue weighted by atomic mass is 32.1. The molecule has 1 nitrogen and oxygen atoms in total. The van der Waals surface area contributed by atoms with Crippen molar-refractivity contribution in [2.24, 2.45) is 0 Å². The summed E-state index contributed by atoms with van der Waals surface area (Å²) < 4.78 is 5.88. The minimum absolute atomic E-state index is 0.159. The first-order chi connectivity index (χ1) is 5.81. The van der Waals surface area contributed by atoms with Gasteiger partial charge >= 0.3 is 0 Å². The van der Waals surface area contributed by atoms with Crippen LogP contribution in [0.1, 0.15) is 24.1 Å². The molecular weight excluding hydrogens is 184 g/mol. The van der Waals surface area contributed by atoms with Crippen molar-refractivity contribution in [3.8, 4) is 0 Å². The average molecular weight is 198 g/mol. The summed E-state index contributed by atoms with van der Waals surface area (Å²) >= 11 is 1.84. The van der Waals surface area contributed by atoms with Gasteiger partial charge in [-0.1, -0.05) is 6.07 Å². The molecule has 0 spiro atoms. The molecule has 1 aliphatic rings. The molecule has 0 radical (unpaired) electrons. The second-order valence-electron chi connectivity index (χ2n) is 3.51. The van der Waals surface area contributed by atoms with Gasteiger partial charge in [-0.2, -0.15) is 0 Å². The quantitative estimate of drug-likeness (QED) is 0.621. The molecule has 0 bridgehead atoms. The Balaban J connectivity index is 2.19. The van der Waals surface area contributed by atoms with Crippen LogP contribution in [0.5, 0.6) is 0 Å². The van der Waals surface area contributed by atoms with E-state index in [1.54, 1.807) is 0 Å². The van der Waals surface area contributed by atoms with Crippen molar-refractivity contribution in [2.45, 2.75) is 24.5 Å². The molecule has 1 unspecified atom stereocenters. The molecule has 1 aromatic rings. The fourth-order valence-corrected chi connectivity index (χ4v) is 3.66. The van der Waals surface area contributed by atoms with E-state index >= 15 is 0 Å². The SMILES string of the molecule is [SiH3]C1(c2cccs2)CCCCO1. The third-order valence-electron chi connectivity index (χ3n) is 2.51. The summed E-state index contributed by atoms with van der Waals surface area (Å²) in [6.45, 7) is 0.960. The lowest BCUT2D eigenvalue weighted by molar-refractivity contribution is -0.0186. The van der Waals surface area contributed by atoms with Crippen LogP contribution in [0.2, 0.25) is 0 Å². The molecule has 0 saturated carbocycles.